The lowest BCUT2D eigenvalue weighted by atomic mass is 10.1. The quantitative estimate of drug-likeness (QED) is 0.782. The molecule has 1 saturated heterocycles. The van der Waals surface area contributed by atoms with Gasteiger partial charge in [0.05, 0.1) is 5.88 Å². The van der Waals surface area contributed by atoms with Gasteiger partial charge in [-0.1, -0.05) is 0 Å². The first-order chi connectivity index (χ1) is 8.61. The van der Waals surface area contributed by atoms with Gasteiger partial charge in [-0.2, -0.15) is 0 Å². The van der Waals surface area contributed by atoms with Crippen molar-refractivity contribution in [2.24, 2.45) is 0 Å². The molecule has 1 aliphatic rings. The zero-order valence-corrected chi connectivity index (χ0v) is 12.2. The van der Waals surface area contributed by atoms with E-state index in [-0.39, 0.29) is 0 Å². The van der Waals surface area contributed by atoms with Crippen LogP contribution in [0, 0.1) is 6.92 Å². The molecule has 1 atom stereocenters. The van der Waals surface area contributed by atoms with E-state index in [0.29, 0.717) is 11.9 Å². The summed E-state index contributed by atoms with van der Waals surface area (Å²) in [6.07, 6.45) is 4.45. The molecule has 100 valence electrons. The molecular formula is C14H22ClN3. The number of likely N-dealkylation sites (N-methyl/N-ethyl adjacent to an activating group) is 1. The van der Waals surface area contributed by atoms with Crippen LogP contribution in [0.25, 0.3) is 0 Å². The molecule has 0 saturated carbocycles. The zero-order valence-electron chi connectivity index (χ0n) is 11.5. The molecule has 0 aliphatic carbocycles. The van der Waals surface area contributed by atoms with Crippen LogP contribution in [-0.2, 0) is 5.88 Å². The zero-order chi connectivity index (χ0) is 13.1. The monoisotopic (exact) mass is 267 g/mol. The van der Waals surface area contributed by atoms with E-state index < -0.39 is 0 Å². The van der Waals surface area contributed by atoms with Gasteiger partial charge in [0.25, 0.3) is 0 Å². The Morgan fingerprint density at radius 2 is 2.28 bits per heavy atom. The fourth-order valence-electron chi connectivity index (χ4n) is 2.71. The van der Waals surface area contributed by atoms with Crippen molar-refractivity contribution >= 4 is 17.3 Å². The number of nitrogens with zero attached hydrogens (tertiary/aromatic N) is 3. The molecule has 18 heavy (non-hydrogen) atoms. The summed E-state index contributed by atoms with van der Waals surface area (Å²) in [5.74, 6) is 0.536. The number of hydrogen-bond acceptors (Lipinski definition) is 3. The highest BCUT2D eigenvalue weighted by molar-refractivity contribution is 6.17. The number of aromatic nitrogens is 1. The summed E-state index contributed by atoms with van der Waals surface area (Å²) in [6, 6.07) is 2.77. The van der Waals surface area contributed by atoms with E-state index in [1.807, 2.05) is 13.1 Å². The Hall–Kier alpha value is -0.800. The first kappa shape index (κ1) is 13.6. The smallest absolute Gasteiger partial charge is 0.0509 e. The molecule has 0 amide bonds. The van der Waals surface area contributed by atoms with Gasteiger partial charge in [0, 0.05) is 42.3 Å². The third-order valence-corrected chi connectivity index (χ3v) is 3.79. The second-order valence-corrected chi connectivity index (χ2v) is 5.61. The molecule has 0 radical (unpaired) electrons. The lowest BCUT2D eigenvalue weighted by Crippen LogP contribution is -2.38. The van der Waals surface area contributed by atoms with Crippen molar-refractivity contribution in [3.63, 3.8) is 0 Å². The highest BCUT2D eigenvalue weighted by atomic mass is 35.5. The van der Waals surface area contributed by atoms with E-state index in [4.69, 9.17) is 11.6 Å². The predicted molar refractivity (Wildman–Crippen MR) is 77.5 cm³/mol. The first-order valence-corrected chi connectivity index (χ1v) is 7.08. The van der Waals surface area contributed by atoms with E-state index in [1.54, 1.807) is 0 Å². The van der Waals surface area contributed by atoms with Crippen LogP contribution in [0.1, 0.15) is 24.1 Å². The molecule has 0 N–H and O–H groups in total. The standard InChI is InChI=1S/C14H22ClN3/c1-11-7-14(12(8-15)9-16-11)18-6-4-5-13(18)10-17(2)3/h7,9,13H,4-6,8,10H2,1-3H3. The van der Waals surface area contributed by atoms with Crippen LogP contribution >= 0.6 is 11.6 Å². The van der Waals surface area contributed by atoms with Gasteiger partial charge in [0.15, 0.2) is 0 Å². The van der Waals surface area contributed by atoms with Gasteiger partial charge in [-0.05, 0) is 39.9 Å². The molecule has 0 spiro atoms. The van der Waals surface area contributed by atoms with Gasteiger partial charge >= 0.3 is 0 Å². The largest absolute Gasteiger partial charge is 0.367 e. The van der Waals surface area contributed by atoms with E-state index in [0.717, 1.165) is 24.3 Å². The average Bonchev–Trinajstić information content (AvgIpc) is 2.76. The Morgan fingerprint density at radius 3 is 2.94 bits per heavy atom. The van der Waals surface area contributed by atoms with Crippen molar-refractivity contribution in [1.82, 2.24) is 9.88 Å². The maximum absolute atomic E-state index is 6.04. The Labute approximate surface area is 115 Å². The number of alkyl halides is 1. The fourth-order valence-corrected chi connectivity index (χ4v) is 2.91. The minimum Gasteiger partial charge on any atom is -0.367 e. The Morgan fingerprint density at radius 1 is 1.50 bits per heavy atom. The molecule has 1 aromatic heterocycles. The summed E-state index contributed by atoms with van der Waals surface area (Å²) in [7, 11) is 4.27. The van der Waals surface area contributed by atoms with Crippen molar-refractivity contribution in [3.8, 4) is 0 Å². The van der Waals surface area contributed by atoms with Crippen molar-refractivity contribution in [2.45, 2.75) is 31.7 Å². The van der Waals surface area contributed by atoms with Crippen LogP contribution in [0.15, 0.2) is 12.3 Å². The second-order valence-electron chi connectivity index (χ2n) is 5.34. The van der Waals surface area contributed by atoms with E-state index in [9.17, 15) is 0 Å². The van der Waals surface area contributed by atoms with E-state index in [2.05, 4.69) is 34.9 Å². The Balaban J connectivity index is 2.26. The maximum atomic E-state index is 6.04. The lowest BCUT2D eigenvalue weighted by molar-refractivity contribution is 0.372. The first-order valence-electron chi connectivity index (χ1n) is 6.54. The van der Waals surface area contributed by atoms with Crippen molar-refractivity contribution < 1.29 is 0 Å². The van der Waals surface area contributed by atoms with Gasteiger partial charge in [0.1, 0.15) is 0 Å². The number of pyridine rings is 1. The molecule has 1 aromatic rings. The molecule has 4 heteroatoms. The molecule has 0 bridgehead atoms. The fraction of sp³-hybridized carbons (Fsp3) is 0.643. The minimum absolute atomic E-state index is 0.536. The van der Waals surface area contributed by atoms with E-state index >= 15 is 0 Å². The van der Waals surface area contributed by atoms with Crippen LogP contribution in [0.4, 0.5) is 5.69 Å². The molecule has 1 aliphatic heterocycles. The molecule has 0 aromatic carbocycles. The summed E-state index contributed by atoms with van der Waals surface area (Å²) in [6.45, 7) is 4.27. The van der Waals surface area contributed by atoms with Gasteiger partial charge in [-0.15, -0.1) is 11.6 Å². The third-order valence-electron chi connectivity index (χ3n) is 3.51. The summed E-state index contributed by atoms with van der Waals surface area (Å²) < 4.78 is 0. The number of rotatable bonds is 4. The normalized spacial score (nSPS) is 19.8. The highest BCUT2D eigenvalue weighted by Crippen LogP contribution is 2.30. The van der Waals surface area contributed by atoms with Crippen LogP contribution in [-0.4, -0.2) is 43.1 Å². The number of aryl methyl sites for hydroxylation is 1. The minimum atomic E-state index is 0.536. The van der Waals surface area contributed by atoms with Crippen LogP contribution in [0.3, 0.4) is 0 Å². The van der Waals surface area contributed by atoms with Crippen molar-refractivity contribution in [2.75, 3.05) is 32.1 Å². The predicted octanol–water partition coefficient (Wildman–Crippen LogP) is 2.66. The number of hydrogen-bond donors (Lipinski definition) is 0. The maximum Gasteiger partial charge on any atom is 0.0509 e. The lowest BCUT2D eigenvalue weighted by Gasteiger charge is -2.30. The average molecular weight is 268 g/mol. The van der Waals surface area contributed by atoms with Crippen molar-refractivity contribution in [3.05, 3.63) is 23.5 Å². The summed E-state index contributed by atoms with van der Waals surface area (Å²) in [4.78, 5) is 9.11. The van der Waals surface area contributed by atoms with Gasteiger partial charge in [0.2, 0.25) is 0 Å². The van der Waals surface area contributed by atoms with E-state index in [1.165, 1.54) is 18.5 Å². The van der Waals surface area contributed by atoms with Crippen LogP contribution < -0.4 is 4.90 Å². The number of halogens is 1. The molecule has 2 heterocycles. The SMILES string of the molecule is Cc1cc(N2CCCC2CN(C)C)c(CCl)cn1. The second kappa shape index (κ2) is 5.89. The third kappa shape index (κ3) is 2.96. The summed E-state index contributed by atoms with van der Waals surface area (Å²) >= 11 is 6.04. The van der Waals surface area contributed by atoms with Gasteiger partial charge < -0.3 is 9.80 Å². The molecular weight excluding hydrogens is 246 g/mol. The Kier molecular flexibility index (Phi) is 4.46. The van der Waals surface area contributed by atoms with Crippen LogP contribution in [0.5, 0.6) is 0 Å². The molecule has 1 unspecified atom stereocenters. The molecule has 2 rings (SSSR count). The number of anilines is 1. The Bertz CT molecular complexity index is 406. The summed E-state index contributed by atoms with van der Waals surface area (Å²) in [5, 5.41) is 0. The van der Waals surface area contributed by atoms with Gasteiger partial charge in [-0.3, -0.25) is 4.98 Å². The van der Waals surface area contributed by atoms with Gasteiger partial charge in [-0.25, -0.2) is 0 Å². The van der Waals surface area contributed by atoms with Crippen molar-refractivity contribution in [1.29, 1.82) is 0 Å². The van der Waals surface area contributed by atoms with Crippen LogP contribution in [0.2, 0.25) is 0 Å². The molecule has 1 fully saturated rings. The molecule has 3 nitrogen and oxygen atoms in total. The highest BCUT2D eigenvalue weighted by Gasteiger charge is 2.26. The topological polar surface area (TPSA) is 19.4 Å². The summed E-state index contributed by atoms with van der Waals surface area (Å²) in [5.41, 5.74) is 3.49.